The summed E-state index contributed by atoms with van der Waals surface area (Å²) in [5.41, 5.74) is 1.46. The summed E-state index contributed by atoms with van der Waals surface area (Å²) in [6.45, 7) is 4.51. The Hall–Kier alpha value is -0.820. The normalized spacial score (nSPS) is 9.84. The molecule has 0 amide bonds. The molecule has 0 heterocycles. The van der Waals surface area contributed by atoms with Gasteiger partial charge in [0.25, 0.3) is 0 Å². The number of hydrogen-bond donors (Lipinski definition) is 0. The zero-order valence-electron chi connectivity index (χ0n) is 12.2. The second-order valence-corrected chi connectivity index (χ2v) is 4.73. The second kappa shape index (κ2) is 7.09. The van der Waals surface area contributed by atoms with Gasteiger partial charge in [-0.2, -0.15) is 6.07 Å². The van der Waals surface area contributed by atoms with Crippen molar-refractivity contribution in [3.8, 4) is 0 Å². The van der Waals surface area contributed by atoms with E-state index in [9.17, 15) is 0 Å². The van der Waals surface area contributed by atoms with Gasteiger partial charge in [0, 0.05) is 25.8 Å². The average Bonchev–Trinajstić information content (AvgIpc) is 2.68. The van der Waals surface area contributed by atoms with Crippen molar-refractivity contribution in [1.82, 2.24) is 0 Å². The van der Waals surface area contributed by atoms with E-state index in [0.29, 0.717) is 5.92 Å². The van der Waals surface area contributed by atoms with E-state index in [1.165, 1.54) is 27.1 Å². The molecule has 0 nitrogen and oxygen atoms in total. The van der Waals surface area contributed by atoms with Crippen LogP contribution in [0.3, 0.4) is 0 Å². The van der Waals surface area contributed by atoms with Crippen molar-refractivity contribution in [2.75, 3.05) is 0 Å². The molecular weight excluding hydrogens is 395 g/mol. The Balaban J connectivity index is 0.00000108. The van der Waals surface area contributed by atoms with Crippen LogP contribution in [0.25, 0.3) is 21.5 Å². The Kier molecular flexibility index (Phi) is 6.79. The van der Waals surface area contributed by atoms with Crippen LogP contribution in [0.1, 0.15) is 25.3 Å². The summed E-state index contributed by atoms with van der Waals surface area (Å²) in [4.78, 5) is 0. The molecule has 0 bridgehead atoms. The first-order chi connectivity index (χ1) is 7.75. The number of benzene rings is 2. The zero-order chi connectivity index (χ0) is 11.1. The molecule has 0 aromatic heterocycles. The first kappa shape index (κ1) is 18.2. The molecule has 0 radical (unpaired) electrons. The van der Waals surface area contributed by atoms with Gasteiger partial charge in [0.2, 0.25) is 0 Å². The Morgan fingerprint density at radius 3 is 2.00 bits per heavy atom. The van der Waals surface area contributed by atoms with Crippen LogP contribution >= 0.6 is 0 Å². The fourth-order valence-corrected chi connectivity index (χ4v) is 2.42. The summed E-state index contributed by atoms with van der Waals surface area (Å²) in [5.74, 6) is 0.596. The van der Waals surface area contributed by atoms with E-state index < -0.39 is 0 Å². The van der Waals surface area contributed by atoms with E-state index in [-0.39, 0.29) is 40.7 Å². The van der Waals surface area contributed by atoms with E-state index in [2.05, 4.69) is 62.4 Å². The molecule has 0 saturated carbocycles. The van der Waals surface area contributed by atoms with Gasteiger partial charge < -0.3 is 14.9 Å². The summed E-state index contributed by atoms with van der Waals surface area (Å²) < 4.78 is 0. The van der Waals surface area contributed by atoms with Crippen molar-refractivity contribution < 1.29 is 25.8 Å². The average molecular weight is 416 g/mol. The quantitative estimate of drug-likeness (QED) is 0.351. The van der Waals surface area contributed by atoms with Crippen LogP contribution in [0.2, 0.25) is 0 Å². The molecule has 3 rings (SSSR count). The molecule has 0 unspecified atom stereocenters. The van der Waals surface area contributed by atoms with E-state index >= 15 is 0 Å². The van der Waals surface area contributed by atoms with Gasteiger partial charge in [-0.3, -0.25) is 0 Å². The van der Waals surface area contributed by atoms with Crippen LogP contribution < -0.4 is 0 Å². The molecule has 1 heteroatoms. The van der Waals surface area contributed by atoms with E-state index in [0.717, 1.165) is 0 Å². The largest absolute Gasteiger partial charge is 0.358 e. The molecule has 0 N–H and O–H groups in total. The molecule has 0 atom stereocenters. The van der Waals surface area contributed by atoms with Gasteiger partial charge in [-0.05, 0) is 5.39 Å². The molecule has 0 saturated heterocycles. The Morgan fingerprint density at radius 1 is 0.842 bits per heavy atom. The van der Waals surface area contributed by atoms with Crippen molar-refractivity contribution in [2.45, 2.75) is 19.8 Å². The van der Waals surface area contributed by atoms with Gasteiger partial charge in [-0.25, -0.2) is 0 Å². The molecule has 0 spiro atoms. The predicted octanol–water partition coefficient (Wildman–Crippen LogP) is 5.73. The van der Waals surface area contributed by atoms with Crippen molar-refractivity contribution in [2.24, 2.45) is 0 Å². The maximum Gasteiger partial charge on any atom is 0 e. The van der Waals surface area contributed by atoms with E-state index in [1.807, 2.05) is 0 Å². The summed E-state index contributed by atoms with van der Waals surface area (Å²) in [7, 11) is 0. The molecule has 100 valence electrons. The van der Waals surface area contributed by atoms with Crippen LogP contribution in [0, 0.1) is 14.9 Å². The number of fused-ring (bicyclic) bond motifs is 2. The predicted molar refractivity (Wildman–Crippen MR) is 84.0 cm³/mol. The topological polar surface area (TPSA) is 0 Å². The van der Waals surface area contributed by atoms with Crippen LogP contribution in [-0.2, 0) is 25.8 Å². The molecule has 0 aliphatic heterocycles. The third kappa shape index (κ3) is 3.20. The monoisotopic (exact) mass is 417 g/mol. The fraction of sp³-hybridized carbons (Fsp3) is 0.167. The molecule has 0 aliphatic rings. The van der Waals surface area contributed by atoms with Crippen LogP contribution in [0.4, 0.5) is 0 Å². The van der Waals surface area contributed by atoms with Gasteiger partial charge in [0.05, 0.1) is 0 Å². The van der Waals surface area contributed by atoms with Crippen molar-refractivity contribution >= 4 is 21.5 Å². The summed E-state index contributed by atoms with van der Waals surface area (Å²) in [6.07, 6.45) is 0. The van der Waals surface area contributed by atoms with Gasteiger partial charge in [0.15, 0.2) is 0 Å². The smallest absolute Gasteiger partial charge is 0 e. The summed E-state index contributed by atoms with van der Waals surface area (Å²) in [5, 5.41) is 5.44. The zero-order valence-corrected chi connectivity index (χ0v) is 15.8. The van der Waals surface area contributed by atoms with Crippen molar-refractivity contribution in [3.05, 3.63) is 68.9 Å². The second-order valence-electron chi connectivity index (χ2n) is 4.73. The maximum absolute atomic E-state index is 2.32. The van der Waals surface area contributed by atoms with Gasteiger partial charge >= 0.3 is 0 Å². The van der Waals surface area contributed by atoms with E-state index in [1.54, 1.807) is 0 Å². The van der Waals surface area contributed by atoms with Crippen molar-refractivity contribution in [3.63, 3.8) is 0 Å². The third-order valence-electron chi connectivity index (χ3n) is 3.29. The first-order valence-corrected chi connectivity index (χ1v) is 5.84. The minimum Gasteiger partial charge on any atom is -0.358 e. The molecular formula is C18H21Hf-3. The third-order valence-corrected chi connectivity index (χ3v) is 3.29. The Labute approximate surface area is 136 Å². The standard InChI is InChI=1S/C16H15.2CH3.Hf/c1-11(2)15-8-7-14-9-12-5-3-4-6-13(12)10-16(14)15;;;/h3-11H,1-2H3;2*1H3;/q3*-1;. The minimum absolute atomic E-state index is 0. The van der Waals surface area contributed by atoms with Crippen LogP contribution in [0.5, 0.6) is 0 Å². The molecule has 3 aromatic carbocycles. The van der Waals surface area contributed by atoms with Gasteiger partial charge in [-0.1, -0.05) is 55.5 Å². The van der Waals surface area contributed by atoms with Crippen LogP contribution in [0.15, 0.2) is 48.5 Å². The van der Waals surface area contributed by atoms with Crippen molar-refractivity contribution in [1.29, 1.82) is 0 Å². The minimum atomic E-state index is 0. The molecule has 19 heavy (non-hydrogen) atoms. The Morgan fingerprint density at radius 2 is 1.42 bits per heavy atom. The van der Waals surface area contributed by atoms with Gasteiger partial charge in [-0.15, -0.1) is 28.5 Å². The maximum atomic E-state index is 2.32. The first-order valence-electron chi connectivity index (χ1n) is 5.84. The van der Waals surface area contributed by atoms with Crippen LogP contribution in [-0.4, -0.2) is 0 Å². The number of rotatable bonds is 1. The Bertz CT molecular complexity index is 647. The summed E-state index contributed by atoms with van der Waals surface area (Å²) in [6, 6.07) is 17.7. The van der Waals surface area contributed by atoms with E-state index in [4.69, 9.17) is 0 Å². The fourth-order valence-electron chi connectivity index (χ4n) is 2.42. The molecule has 0 aliphatic carbocycles. The SMILES string of the molecule is CC(C)[c-]1ccc2cc3ccccc3cc21.[CH3-].[CH3-].[Hf]. The van der Waals surface area contributed by atoms with Gasteiger partial charge in [0.1, 0.15) is 0 Å². The summed E-state index contributed by atoms with van der Waals surface area (Å²) >= 11 is 0. The molecule has 0 fully saturated rings. The molecule has 3 aromatic rings. The number of hydrogen-bond acceptors (Lipinski definition) is 0.